The lowest BCUT2D eigenvalue weighted by Gasteiger charge is -2.10. The first-order valence-electron chi connectivity index (χ1n) is 7.91. The highest BCUT2D eigenvalue weighted by atomic mass is 32.1. The lowest BCUT2D eigenvalue weighted by atomic mass is 10.1. The molecule has 1 N–H and O–H groups in total. The fraction of sp³-hybridized carbons (Fsp3) is 0.167. The van der Waals surface area contributed by atoms with Gasteiger partial charge in [-0.1, -0.05) is 0 Å². The molecule has 0 fully saturated rings. The van der Waals surface area contributed by atoms with Gasteiger partial charge in [-0.25, -0.2) is 9.37 Å². The minimum Gasteiger partial charge on any atom is -0.466 e. The van der Waals surface area contributed by atoms with E-state index in [4.69, 9.17) is 4.74 Å². The number of benzene rings is 1. The maximum atomic E-state index is 13.7. The van der Waals surface area contributed by atoms with Crippen molar-refractivity contribution in [2.24, 2.45) is 0 Å². The Kier molecular flexibility index (Phi) is 5.43. The third-order valence-corrected chi connectivity index (χ3v) is 4.30. The standard InChI is InChI=1S/C18H16FN3O3S/c1-2-25-16(23)10-13-11-26-18(20-13)21-17(24)14-9-12(19)5-6-15(14)22-7-3-4-8-22/h3-9,11H,2,10H2,1H3,(H,20,21,24). The van der Waals surface area contributed by atoms with Crippen LogP contribution >= 0.6 is 11.3 Å². The van der Waals surface area contributed by atoms with Crippen molar-refractivity contribution in [3.05, 3.63) is 65.2 Å². The second kappa shape index (κ2) is 7.92. The van der Waals surface area contributed by atoms with Gasteiger partial charge in [0.05, 0.1) is 30.0 Å². The largest absolute Gasteiger partial charge is 0.466 e. The average Bonchev–Trinajstić information content (AvgIpc) is 3.27. The van der Waals surface area contributed by atoms with Crippen molar-refractivity contribution < 1.29 is 18.7 Å². The van der Waals surface area contributed by atoms with Gasteiger partial charge in [0.2, 0.25) is 0 Å². The molecule has 0 saturated heterocycles. The zero-order valence-corrected chi connectivity index (χ0v) is 14.8. The number of thiazole rings is 1. The topological polar surface area (TPSA) is 73.2 Å². The Morgan fingerprint density at radius 2 is 2.08 bits per heavy atom. The highest BCUT2D eigenvalue weighted by molar-refractivity contribution is 7.14. The van der Waals surface area contributed by atoms with Gasteiger partial charge in [0, 0.05) is 17.8 Å². The first kappa shape index (κ1) is 17.8. The number of halogens is 1. The minimum absolute atomic E-state index is 0.0365. The van der Waals surface area contributed by atoms with Crippen LogP contribution in [0.1, 0.15) is 23.0 Å². The SMILES string of the molecule is CCOC(=O)Cc1csc(NC(=O)c2cc(F)ccc2-n2cccc2)n1. The van der Waals surface area contributed by atoms with E-state index in [0.717, 1.165) is 0 Å². The maximum Gasteiger partial charge on any atom is 0.311 e. The van der Waals surface area contributed by atoms with E-state index in [1.165, 1.54) is 29.5 Å². The Bertz CT molecular complexity index is 922. The number of aromatic nitrogens is 2. The number of anilines is 1. The predicted octanol–water partition coefficient (Wildman–Crippen LogP) is 3.43. The van der Waals surface area contributed by atoms with E-state index in [0.29, 0.717) is 23.1 Å². The number of nitrogens with one attached hydrogen (secondary N) is 1. The molecule has 0 bridgehead atoms. The molecule has 6 nitrogen and oxygen atoms in total. The molecule has 0 saturated carbocycles. The smallest absolute Gasteiger partial charge is 0.311 e. The van der Waals surface area contributed by atoms with E-state index in [2.05, 4.69) is 10.3 Å². The Labute approximate surface area is 153 Å². The van der Waals surface area contributed by atoms with E-state index in [1.54, 1.807) is 29.3 Å². The fourth-order valence-corrected chi connectivity index (χ4v) is 3.09. The minimum atomic E-state index is -0.506. The molecule has 2 aromatic heterocycles. The summed E-state index contributed by atoms with van der Waals surface area (Å²) < 4.78 is 20.2. The molecule has 0 aliphatic rings. The van der Waals surface area contributed by atoms with Crippen LogP contribution in [0.25, 0.3) is 5.69 Å². The lowest BCUT2D eigenvalue weighted by Crippen LogP contribution is -2.15. The van der Waals surface area contributed by atoms with Crippen LogP contribution in [0.4, 0.5) is 9.52 Å². The summed E-state index contributed by atoms with van der Waals surface area (Å²) in [4.78, 5) is 28.3. The number of rotatable bonds is 6. The Morgan fingerprint density at radius 1 is 1.31 bits per heavy atom. The molecule has 3 rings (SSSR count). The van der Waals surface area contributed by atoms with Gasteiger partial charge in [-0.15, -0.1) is 11.3 Å². The molecule has 134 valence electrons. The van der Waals surface area contributed by atoms with Gasteiger partial charge in [-0.2, -0.15) is 0 Å². The van der Waals surface area contributed by atoms with Crippen LogP contribution < -0.4 is 5.32 Å². The number of esters is 1. The van der Waals surface area contributed by atoms with Gasteiger partial charge in [0.15, 0.2) is 5.13 Å². The molecule has 3 aromatic rings. The van der Waals surface area contributed by atoms with E-state index in [9.17, 15) is 14.0 Å². The summed E-state index contributed by atoms with van der Waals surface area (Å²) >= 11 is 1.19. The maximum absolute atomic E-state index is 13.7. The van der Waals surface area contributed by atoms with Crippen LogP contribution in [-0.4, -0.2) is 28.0 Å². The molecule has 1 amide bonds. The average molecular weight is 373 g/mol. The molecule has 0 unspecified atom stereocenters. The van der Waals surface area contributed by atoms with Crippen LogP contribution in [0, 0.1) is 5.82 Å². The first-order valence-corrected chi connectivity index (χ1v) is 8.79. The van der Waals surface area contributed by atoms with Crippen LogP contribution in [0.2, 0.25) is 0 Å². The summed E-state index contributed by atoms with van der Waals surface area (Å²) in [5, 5.41) is 4.65. The summed E-state index contributed by atoms with van der Waals surface area (Å²) in [6.45, 7) is 2.03. The third-order valence-electron chi connectivity index (χ3n) is 3.49. The van der Waals surface area contributed by atoms with Gasteiger partial charge in [0.1, 0.15) is 5.82 Å². The van der Waals surface area contributed by atoms with E-state index >= 15 is 0 Å². The number of carbonyl (C=O) groups is 2. The molecule has 0 radical (unpaired) electrons. The van der Waals surface area contributed by atoms with Crippen molar-refractivity contribution in [2.45, 2.75) is 13.3 Å². The zero-order chi connectivity index (χ0) is 18.5. The fourth-order valence-electron chi connectivity index (χ4n) is 2.38. The number of hydrogen-bond donors (Lipinski definition) is 1. The van der Waals surface area contributed by atoms with Crippen molar-refractivity contribution in [3.63, 3.8) is 0 Å². The molecule has 2 heterocycles. The second-order valence-corrected chi connectivity index (χ2v) is 6.19. The zero-order valence-electron chi connectivity index (χ0n) is 13.9. The number of ether oxygens (including phenoxy) is 1. The predicted molar refractivity (Wildman–Crippen MR) is 96.1 cm³/mol. The van der Waals surface area contributed by atoms with Gasteiger partial charge in [-0.3, -0.25) is 14.9 Å². The van der Waals surface area contributed by atoms with Gasteiger partial charge in [-0.05, 0) is 37.3 Å². The highest BCUT2D eigenvalue weighted by Crippen LogP contribution is 2.21. The van der Waals surface area contributed by atoms with E-state index in [1.807, 2.05) is 12.1 Å². The second-order valence-electron chi connectivity index (χ2n) is 5.33. The molecule has 1 aromatic carbocycles. The van der Waals surface area contributed by atoms with E-state index in [-0.39, 0.29) is 18.0 Å². The number of amides is 1. The molecular weight excluding hydrogens is 357 g/mol. The summed E-state index contributed by atoms with van der Waals surface area (Å²) in [7, 11) is 0. The molecule has 26 heavy (non-hydrogen) atoms. The molecule has 0 atom stereocenters. The van der Waals surface area contributed by atoms with Crippen molar-refractivity contribution in [1.82, 2.24) is 9.55 Å². The van der Waals surface area contributed by atoms with Gasteiger partial charge >= 0.3 is 5.97 Å². The normalized spacial score (nSPS) is 10.5. The first-order chi connectivity index (χ1) is 12.6. The third kappa shape index (κ3) is 4.15. The van der Waals surface area contributed by atoms with E-state index < -0.39 is 11.7 Å². The molecule has 0 aliphatic heterocycles. The monoisotopic (exact) mass is 373 g/mol. The summed E-state index contributed by atoms with van der Waals surface area (Å²) in [6.07, 6.45) is 3.57. The summed E-state index contributed by atoms with van der Waals surface area (Å²) in [6, 6.07) is 7.64. The molecule has 0 spiro atoms. The summed E-state index contributed by atoms with van der Waals surface area (Å²) in [5.74, 6) is -1.37. The van der Waals surface area contributed by atoms with Crippen LogP contribution in [-0.2, 0) is 16.0 Å². The quantitative estimate of drug-likeness (QED) is 0.672. The molecular formula is C18H16FN3O3S. The number of carbonyl (C=O) groups excluding carboxylic acids is 2. The molecule has 8 heteroatoms. The van der Waals surface area contributed by atoms with Crippen LogP contribution in [0.3, 0.4) is 0 Å². The molecule has 0 aliphatic carbocycles. The Hall–Kier alpha value is -3.00. The van der Waals surface area contributed by atoms with Crippen molar-refractivity contribution in [3.8, 4) is 5.69 Å². The van der Waals surface area contributed by atoms with Crippen LogP contribution in [0.15, 0.2) is 48.1 Å². The highest BCUT2D eigenvalue weighted by Gasteiger charge is 2.16. The Balaban J connectivity index is 1.78. The lowest BCUT2D eigenvalue weighted by molar-refractivity contribution is -0.142. The van der Waals surface area contributed by atoms with Gasteiger partial charge < -0.3 is 9.30 Å². The van der Waals surface area contributed by atoms with Gasteiger partial charge in [0.25, 0.3) is 5.91 Å². The number of nitrogens with zero attached hydrogens (tertiary/aromatic N) is 2. The van der Waals surface area contributed by atoms with Crippen molar-refractivity contribution in [2.75, 3.05) is 11.9 Å². The van der Waals surface area contributed by atoms with Crippen molar-refractivity contribution >= 4 is 28.3 Å². The number of hydrogen-bond acceptors (Lipinski definition) is 5. The Morgan fingerprint density at radius 3 is 2.81 bits per heavy atom. The van der Waals surface area contributed by atoms with Crippen LogP contribution in [0.5, 0.6) is 0 Å². The van der Waals surface area contributed by atoms with Crippen molar-refractivity contribution in [1.29, 1.82) is 0 Å². The summed E-state index contributed by atoms with van der Waals surface area (Å²) in [5.41, 5.74) is 1.24.